The molecule has 1 heterocycles. The second-order valence-electron chi connectivity index (χ2n) is 6.58. The van der Waals surface area contributed by atoms with Crippen LogP contribution in [0.2, 0.25) is 0 Å². The summed E-state index contributed by atoms with van der Waals surface area (Å²) in [7, 11) is -4.19. The highest BCUT2D eigenvalue weighted by Gasteiger charge is 2.47. The van der Waals surface area contributed by atoms with Gasteiger partial charge in [-0.15, -0.1) is 0 Å². The predicted molar refractivity (Wildman–Crippen MR) is 105 cm³/mol. The Morgan fingerprint density at radius 3 is 2.32 bits per heavy atom. The van der Waals surface area contributed by atoms with E-state index in [1.807, 2.05) is 0 Å². The zero-order valence-corrected chi connectivity index (χ0v) is 17.0. The number of halogens is 3. The van der Waals surface area contributed by atoms with Crippen LogP contribution in [0.4, 0.5) is 24.5 Å². The molecule has 1 unspecified atom stereocenters. The molecule has 0 amide bonds. The smallest absolute Gasteiger partial charge is 0.362 e. The van der Waals surface area contributed by atoms with Crippen LogP contribution in [0.25, 0.3) is 5.69 Å². The molecule has 0 fully saturated rings. The second kappa shape index (κ2) is 7.98. The third-order valence-corrected chi connectivity index (χ3v) is 6.26. The Bertz CT molecular complexity index is 1200. The minimum absolute atomic E-state index is 0.0287. The molecule has 3 aromatic rings. The summed E-state index contributed by atoms with van der Waals surface area (Å²) in [4.78, 5) is 14.7. The maximum Gasteiger partial charge on any atom is 0.501 e. The number of anilines is 1. The molecule has 0 spiro atoms. The van der Waals surface area contributed by atoms with Gasteiger partial charge in [0.1, 0.15) is 18.3 Å². The van der Waals surface area contributed by atoms with E-state index in [1.165, 1.54) is 24.6 Å². The fraction of sp³-hybridized carbons (Fsp3) is 0.222. The fourth-order valence-electron chi connectivity index (χ4n) is 2.93. The van der Waals surface area contributed by atoms with Crippen molar-refractivity contribution in [1.29, 1.82) is 0 Å². The van der Waals surface area contributed by atoms with Gasteiger partial charge in [0.25, 0.3) is 15.5 Å². The van der Waals surface area contributed by atoms with Crippen molar-refractivity contribution < 1.29 is 26.5 Å². The van der Waals surface area contributed by atoms with Crippen LogP contribution < -0.4 is 4.90 Å². The molecule has 0 saturated heterocycles. The maximum absolute atomic E-state index is 12.8. The van der Waals surface area contributed by atoms with Crippen molar-refractivity contribution >= 4 is 21.2 Å². The molecule has 164 valence electrons. The third-order valence-electron chi connectivity index (χ3n) is 4.78. The van der Waals surface area contributed by atoms with Gasteiger partial charge in [-0.2, -0.15) is 18.3 Å². The van der Waals surface area contributed by atoms with Crippen molar-refractivity contribution in [3.8, 4) is 5.69 Å². The molecule has 0 radical (unpaired) electrons. The zero-order valence-electron chi connectivity index (χ0n) is 16.2. The first-order valence-corrected chi connectivity index (χ1v) is 10.2. The zero-order chi connectivity index (χ0) is 23.0. The molecule has 1 atom stereocenters. The Labute approximate surface area is 174 Å². The first-order valence-electron chi connectivity index (χ1n) is 8.71. The van der Waals surface area contributed by atoms with Crippen LogP contribution in [0.15, 0.2) is 60.0 Å². The molecule has 9 nitrogen and oxygen atoms in total. The fourth-order valence-corrected chi connectivity index (χ4v) is 3.71. The van der Waals surface area contributed by atoms with Gasteiger partial charge in [0.05, 0.1) is 21.5 Å². The van der Waals surface area contributed by atoms with Gasteiger partial charge in [-0.05, 0) is 36.8 Å². The summed E-state index contributed by atoms with van der Waals surface area (Å²) in [5.41, 5.74) is -4.85. The molecule has 13 heteroatoms. The Balaban J connectivity index is 1.95. The molecule has 31 heavy (non-hydrogen) atoms. The average molecular weight is 455 g/mol. The topological polar surface area (TPSA) is 111 Å². The molecule has 0 aliphatic carbocycles. The van der Waals surface area contributed by atoms with Gasteiger partial charge in [0.2, 0.25) is 0 Å². The van der Waals surface area contributed by atoms with Gasteiger partial charge < -0.3 is 4.90 Å². The van der Waals surface area contributed by atoms with E-state index in [9.17, 15) is 31.7 Å². The quantitative estimate of drug-likeness (QED) is 0.412. The number of hydrogen-bond acceptors (Lipinski definition) is 7. The minimum atomic E-state index is -5.71. The van der Waals surface area contributed by atoms with Crippen LogP contribution in [0.1, 0.15) is 18.5 Å². The molecule has 3 rings (SSSR count). The summed E-state index contributed by atoms with van der Waals surface area (Å²) in [6.45, 7) is 1.74. The number of nitro groups is 1. The summed E-state index contributed by atoms with van der Waals surface area (Å²) >= 11 is 0. The van der Waals surface area contributed by atoms with Gasteiger partial charge >= 0.3 is 5.51 Å². The normalized spacial score (nSPS) is 13.1. The Morgan fingerprint density at radius 1 is 1.16 bits per heavy atom. The lowest BCUT2D eigenvalue weighted by molar-refractivity contribution is -0.384. The minimum Gasteiger partial charge on any atom is -0.362 e. The number of nitro benzene ring substituents is 1. The number of sulfone groups is 1. The summed E-state index contributed by atoms with van der Waals surface area (Å²) in [6.07, 6.45) is 2.90. The SMILES string of the molecule is CC(c1ccc(-n2cncn2)cc1)N(C)c1ccc(S(=O)(=O)C(F)(F)F)cc1[N+](=O)[O-]. The van der Waals surface area contributed by atoms with E-state index in [1.54, 1.807) is 35.9 Å². The number of alkyl halides is 3. The summed E-state index contributed by atoms with van der Waals surface area (Å²) in [6, 6.07) is 8.78. The van der Waals surface area contributed by atoms with Crippen LogP contribution in [-0.4, -0.2) is 40.7 Å². The van der Waals surface area contributed by atoms with Gasteiger partial charge in [-0.1, -0.05) is 12.1 Å². The Morgan fingerprint density at radius 2 is 1.81 bits per heavy atom. The maximum atomic E-state index is 12.8. The van der Waals surface area contributed by atoms with Crippen molar-refractivity contribution in [3.05, 3.63) is 70.8 Å². The Hall–Kier alpha value is -3.48. The van der Waals surface area contributed by atoms with Crippen molar-refractivity contribution in [1.82, 2.24) is 14.8 Å². The largest absolute Gasteiger partial charge is 0.501 e. The Kier molecular flexibility index (Phi) is 5.72. The number of nitrogens with zero attached hydrogens (tertiary/aromatic N) is 5. The molecule has 1 aromatic heterocycles. The molecule has 0 N–H and O–H groups in total. The molecule has 0 aliphatic rings. The van der Waals surface area contributed by atoms with E-state index >= 15 is 0 Å². The lowest BCUT2D eigenvalue weighted by atomic mass is 10.1. The number of hydrogen-bond donors (Lipinski definition) is 0. The van der Waals surface area contributed by atoms with E-state index in [4.69, 9.17) is 0 Å². The summed E-state index contributed by atoms with van der Waals surface area (Å²) in [5.74, 6) is 0. The lowest BCUT2D eigenvalue weighted by Crippen LogP contribution is -2.25. The summed E-state index contributed by atoms with van der Waals surface area (Å²) in [5, 5.41) is 15.5. The van der Waals surface area contributed by atoms with E-state index < -0.39 is 36.9 Å². The summed E-state index contributed by atoms with van der Waals surface area (Å²) < 4.78 is 63.2. The van der Waals surface area contributed by atoms with Crippen LogP contribution in [0.5, 0.6) is 0 Å². The van der Waals surface area contributed by atoms with E-state index in [0.29, 0.717) is 12.1 Å². The first-order chi connectivity index (χ1) is 14.4. The molecule has 0 aliphatic heterocycles. The molecule has 0 bridgehead atoms. The van der Waals surface area contributed by atoms with Crippen LogP contribution in [0.3, 0.4) is 0 Å². The van der Waals surface area contributed by atoms with Crippen LogP contribution >= 0.6 is 0 Å². The molecule has 0 saturated carbocycles. The second-order valence-corrected chi connectivity index (χ2v) is 8.52. The number of benzene rings is 2. The van der Waals surface area contributed by atoms with E-state index in [-0.39, 0.29) is 5.69 Å². The average Bonchev–Trinajstić information content (AvgIpc) is 3.26. The van der Waals surface area contributed by atoms with Gasteiger partial charge in [-0.25, -0.2) is 18.1 Å². The van der Waals surface area contributed by atoms with Crippen molar-refractivity contribution in [2.75, 3.05) is 11.9 Å². The molecular formula is C18H16F3N5O4S. The third kappa shape index (κ3) is 4.21. The molecule has 2 aromatic carbocycles. The van der Waals surface area contributed by atoms with Gasteiger partial charge in [-0.3, -0.25) is 10.1 Å². The highest BCUT2D eigenvalue weighted by molar-refractivity contribution is 7.92. The van der Waals surface area contributed by atoms with E-state index in [2.05, 4.69) is 10.1 Å². The first kappa shape index (κ1) is 22.2. The standard InChI is InChI=1S/C18H16F3N5O4S/c1-12(13-3-5-14(6-4-13)25-11-22-10-23-25)24(2)16-8-7-15(9-17(16)26(27)28)31(29,30)18(19,20)21/h3-12H,1-2H3. The van der Waals surface area contributed by atoms with E-state index in [0.717, 1.165) is 17.3 Å². The van der Waals surface area contributed by atoms with Gasteiger partial charge in [0.15, 0.2) is 0 Å². The van der Waals surface area contributed by atoms with Crippen molar-refractivity contribution in [2.24, 2.45) is 0 Å². The highest BCUT2D eigenvalue weighted by atomic mass is 32.2. The van der Waals surface area contributed by atoms with Crippen molar-refractivity contribution in [2.45, 2.75) is 23.4 Å². The van der Waals surface area contributed by atoms with Crippen LogP contribution in [0, 0.1) is 10.1 Å². The monoisotopic (exact) mass is 455 g/mol. The van der Waals surface area contributed by atoms with Crippen LogP contribution in [-0.2, 0) is 9.84 Å². The lowest BCUT2D eigenvalue weighted by Gasteiger charge is -2.27. The predicted octanol–water partition coefficient (Wildman–Crippen LogP) is 3.67. The molecular weight excluding hydrogens is 439 g/mol. The van der Waals surface area contributed by atoms with Crippen molar-refractivity contribution in [3.63, 3.8) is 0 Å². The van der Waals surface area contributed by atoms with Gasteiger partial charge in [0, 0.05) is 13.1 Å². The number of rotatable bonds is 6. The highest BCUT2D eigenvalue weighted by Crippen LogP contribution is 2.38. The number of aromatic nitrogens is 3.